The van der Waals surface area contributed by atoms with E-state index in [1.54, 1.807) is 25.1 Å². The quantitative estimate of drug-likeness (QED) is 0.761. The molecule has 0 radical (unpaired) electrons. The molecule has 0 aliphatic carbocycles. The molecule has 0 saturated carbocycles. The summed E-state index contributed by atoms with van der Waals surface area (Å²) in [6.45, 7) is 3.87. The predicted octanol–water partition coefficient (Wildman–Crippen LogP) is 1.52. The van der Waals surface area contributed by atoms with Crippen molar-refractivity contribution in [1.29, 1.82) is 0 Å². The zero-order chi connectivity index (χ0) is 17.0. The van der Waals surface area contributed by atoms with E-state index in [0.717, 1.165) is 0 Å². The van der Waals surface area contributed by atoms with Gasteiger partial charge in [-0.05, 0) is 37.1 Å². The van der Waals surface area contributed by atoms with Crippen molar-refractivity contribution in [1.82, 2.24) is 9.21 Å². The largest absolute Gasteiger partial charge is 0.468 e. The molecule has 0 N–H and O–H groups in total. The lowest BCUT2D eigenvalue weighted by atomic mass is 10.2. The minimum absolute atomic E-state index is 0.185. The number of halogens is 1. The van der Waals surface area contributed by atoms with Crippen molar-refractivity contribution in [3.05, 3.63) is 28.8 Å². The molecule has 1 aromatic carbocycles. The van der Waals surface area contributed by atoms with Gasteiger partial charge in [0.15, 0.2) is 0 Å². The minimum Gasteiger partial charge on any atom is -0.468 e. The molecule has 2 rings (SSSR count). The second-order valence-corrected chi connectivity index (χ2v) is 7.86. The van der Waals surface area contributed by atoms with Gasteiger partial charge in [0.2, 0.25) is 10.0 Å². The number of carbonyl (C=O) groups excluding carboxylic acids is 1. The van der Waals surface area contributed by atoms with Gasteiger partial charge < -0.3 is 4.74 Å². The van der Waals surface area contributed by atoms with Gasteiger partial charge in [0, 0.05) is 31.2 Å². The third kappa shape index (κ3) is 4.44. The first-order valence-corrected chi connectivity index (χ1v) is 9.22. The average Bonchev–Trinajstić information content (AvgIpc) is 2.72. The average molecular weight is 361 g/mol. The van der Waals surface area contributed by atoms with Crippen molar-refractivity contribution < 1.29 is 17.9 Å². The molecule has 8 heteroatoms. The number of methoxy groups -OCH3 is 1. The Bertz CT molecular complexity index is 678. The summed E-state index contributed by atoms with van der Waals surface area (Å²) in [5, 5.41) is 0.515. The Morgan fingerprint density at radius 3 is 2.65 bits per heavy atom. The molecule has 1 aliphatic rings. The van der Waals surface area contributed by atoms with Crippen LogP contribution >= 0.6 is 11.6 Å². The van der Waals surface area contributed by atoms with Crippen LogP contribution in [0.15, 0.2) is 23.1 Å². The van der Waals surface area contributed by atoms with Gasteiger partial charge in [0.25, 0.3) is 0 Å². The molecule has 0 spiro atoms. The van der Waals surface area contributed by atoms with E-state index in [-0.39, 0.29) is 17.4 Å². The number of aryl methyl sites for hydroxylation is 1. The van der Waals surface area contributed by atoms with Crippen molar-refractivity contribution in [2.75, 3.05) is 39.8 Å². The molecular formula is C15H21ClN2O4S. The molecule has 0 amide bonds. The normalized spacial score (nSPS) is 17.7. The topological polar surface area (TPSA) is 66.9 Å². The van der Waals surface area contributed by atoms with E-state index in [4.69, 9.17) is 11.6 Å². The van der Waals surface area contributed by atoms with Crippen LogP contribution in [-0.4, -0.2) is 63.4 Å². The maximum Gasteiger partial charge on any atom is 0.319 e. The summed E-state index contributed by atoms with van der Waals surface area (Å²) in [4.78, 5) is 13.6. The SMILES string of the molecule is COC(=O)CN1CCCN(S(=O)(=O)c2ccc(Cl)cc2C)CC1. The summed E-state index contributed by atoms with van der Waals surface area (Å²) in [6, 6.07) is 4.78. The first-order valence-electron chi connectivity index (χ1n) is 7.40. The number of hydrogen-bond acceptors (Lipinski definition) is 5. The third-order valence-electron chi connectivity index (χ3n) is 3.88. The number of esters is 1. The maximum atomic E-state index is 12.8. The molecule has 0 aromatic heterocycles. The van der Waals surface area contributed by atoms with Crippen LogP contribution in [-0.2, 0) is 19.6 Å². The Kier molecular flexibility index (Phi) is 6.02. The zero-order valence-corrected chi connectivity index (χ0v) is 14.9. The Labute approximate surface area is 142 Å². The van der Waals surface area contributed by atoms with Gasteiger partial charge in [-0.25, -0.2) is 8.42 Å². The summed E-state index contributed by atoms with van der Waals surface area (Å²) in [5.41, 5.74) is 0.633. The Morgan fingerprint density at radius 1 is 1.26 bits per heavy atom. The van der Waals surface area contributed by atoms with Gasteiger partial charge in [-0.15, -0.1) is 0 Å². The fraction of sp³-hybridized carbons (Fsp3) is 0.533. The van der Waals surface area contributed by atoms with Crippen LogP contribution in [0.4, 0.5) is 0 Å². The lowest BCUT2D eigenvalue weighted by Crippen LogP contribution is -2.37. The van der Waals surface area contributed by atoms with Crippen LogP contribution in [0.1, 0.15) is 12.0 Å². The highest BCUT2D eigenvalue weighted by Gasteiger charge is 2.28. The van der Waals surface area contributed by atoms with E-state index in [0.29, 0.717) is 43.2 Å². The molecule has 1 aromatic rings. The predicted molar refractivity (Wildman–Crippen MR) is 88.0 cm³/mol. The molecule has 23 heavy (non-hydrogen) atoms. The number of sulfonamides is 1. The van der Waals surface area contributed by atoms with E-state index >= 15 is 0 Å². The molecule has 0 unspecified atom stereocenters. The second kappa shape index (κ2) is 7.61. The van der Waals surface area contributed by atoms with Gasteiger partial charge in [0.05, 0.1) is 18.6 Å². The molecule has 0 bridgehead atoms. The third-order valence-corrected chi connectivity index (χ3v) is 6.18. The van der Waals surface area contributed by atoms with E-state index in [2.05, 4.69) is 4.74 Å². The Balaban J connectivity index is 2.13. The summed E-state index contributed by atoms with van der Waals surface area (Å²) in [5.74, 6) is -0.310. The molecule has 1 saturated heterocycles. The fourth-order valence-corrected chi connectivity index (χ4v) is 4.54. The van der Waals surface area contributed by atoms with E-state index in [9.17, 15) is 13.2 Å². The fourth-order valence-electron chi connectivity index (χ4n) is 2.63. The molecule has 0 atom stereocenters. The van der Waals surface area contributed by atoms with Crippen LogP contribution in [0.25, 0.3) is 0 Å². The number of rotatable bonds is 4. The van der Waals surface area contributed by atoms with Gasteiger partial charge in [0.1, 0.15) is 0 Å². The van der Waals surface area contributed by atoms with Crippen molar-refractivity contribution >= 4 is 27.6 Å². The van der Waals surface area contributed by atoms with Crippen LogP contribution in [0.5, 0.6) is 0 Å². The summed E-state index contributed by atoms with van der Waals surface area (Å²) in [7, 11) is -2.21. The summed E-state index contributed by atoms with van der Waals surface area (Å²) >= 11 is 5.90. The first kappa shape index (κ1) is 18.2. The smallest absolute Gasteiger partial charge is 0.319 e. The van der Waals surface area contributed by atoms with Crippen LogP contribution in [0.3, 0.4) is 0 Å². The van der Waals surface area contributed by atoms with Gasteiger partial charge >= 0.3 is 5.97 Å². The number of hydrogen-bond donors (Lipinski definition) is 0. The number of nitrogens with zero attached hydrogens (tertiary/aromatic N) is 2. The first-order chi connectivity index (χ1) is 10.8. The molecular weight excluding hydrogens is 340 g/mol. The highest BCUT2D eigenvalue weighted by molar-refractivity contribution is 7.89. The van der Waals surface area contributed by atoms with Crippen LogP contribution < -0.4 is 0 Å². The number of carbonyl (C=O) groups is 1. The minimum atomic E-state index is -3.56. The van der Waals surface area contributed by atoms with E-state index in [1.807, 2.05) is 4.90 Å². The molecule has 1 fully saturated rings. The molecule has 1 heterocycles. The van der Waals surface area contributed by atoms with Crippen molar-refractivity contribution in [3.63, 3.8) is 0 Å². The molecule has 128 valence electrons. The van der Waals surface area contributed by atoms with Crippen molar-refractivity contribution in [3.8, 4) is 0 Å². The summed E-state index contributed by atoms with van der Waals surface area (Å²) in [6.07, 6.45) is 0.670. The molecule has 6 nitrogen and oxygen atoms in total. The Morgan fingerprint density at radius 2 is 2.00 bits per heavy atom. The van der Waals surface area contributed by atoms with Crippen molar-refractivity contribution in [2.45, 2.75) is 18.2 Å². The van der Waals surface area contributed by atoms with Gasteiger partial charge in [-0.2, -0.15) is 4.31 Å². The van der Waals surface area contributed by atoms with Gasteiger partial charge in [-0.1, -0.05) is 11.6 Å². The lowest BCUT2D eigenvalue weighted by Gasteiger charge is -2.22. The van der Waals surface area contributed by atoms with Crippen LogP contribution in [0, 0.1) is 6.92 Å². The highest BCUT2D eigenvalue weighted by atomic mass is 35.5. The maximum absolute atomic E-state index is 12.8. The summed E-state index contributed by atoms with van der Waals surface area (Å²) < 4.78 is 31.8. The Hall–Kier alpha value is -1.15. The lowest BCUT2D eigenvalue weighted by molar-refractivity contribution is -0.141. The monoisotopic (exact) mass is 360 g/mol. The number of ether oxygens (including phenoxy) is 1. The standard InChI is InChI=1S/C15H21ClN2O4S/c1-12-10-13(16)4-5-14(12)23(20,21)18-7-3-6-17(8-9-18)11-15(19)22-2/h4-5,10H,3,6-9,11H2,1-2H3. The van der Waals surface area contributed by atoms with E-state index < -0.39 is 10.0 Å². The second-order valence-electron chi connectivity index (χ2n) is 5.52. The zero-order valence-electron chi connectivity index (χ0n) is 13.3. The van der Waals surface area contributed by atoms with Crippen LogP contribution in [0.2, 0.25) is 5.02 Å². The van der Waals surface area contributed by atoms with Crippen molar-refractivity contribution in [2.24, 2.45) is 0 Å². The highest BCUT2D eigenvalue weighted by Crippen LogP contribution is 2.23. The van der Waals surface area contributed by atoms with Gasteiger partial charge in [-0.3, -0.25) is 9.69 Å². The van der Waals surface area contributed by atoms with E-state index in [1.165, 1.54) is 11.4 Å². The number of benzene rings is 1. The molecule has 1 aliphatic heterocycles.